The Morgan fingerprint density at radius 3 is 2.67 bits per heavy atom. The number of phenolic OH excluding ortho intramolecular Hbond substituents is 1. The minimum absolute atomic E-state index is 0.344. The number of phenols is 1. The van der Waals surface area contributed by atoms with Gasteiger partial charge in [-0.1, -0.05) is 18.2 Å². The molecular weight excluding hydrogens is 186 g/mol. The molecule has 1 aromatic carbocycles. The standard InChI is InChI=1S/C13H15NO/c15-13-5-1-9(2-6-13)10-7-11-3-4-12(8-10)14-11/h1-2,5-7,11-12,14-15H,3-4,8H2. The van der Waals surface area contributed by atoms with E-state index >= 15 is 0 Å². The quantitative estimate of drug-likeness (QED) is 0.730. The third-order valence-electron chi connectivity index (χ3n) is 3.38. The van der Waals surface area contributed by atoms with Gasteiger partial charge < -0.3 is 10.4 Å². The Balaban J connectivity index is 1.91. The van der Waals surface area contributed by atoms with Crippen molar-refractivity contribution in [1.82, 2.24) is 5.32 Å². The van der Waals surface area contributed by atoms with Gasteiger partial charge in [0.05, 0.1) is 0 Å². The fourth-order valence-electron chi connectivity index (χ4n) is 2.61. The number of benzene rings is 1. The Morgan fingerprint density at radius 2 is 1.93 bits per heavy atom. The Bertz CT molecular complexity index is 394. The van der Waals surface area contributed by atoms with Crippen LogP contribution in [0.2, 0.25) is 0 Å². The van der Waals surface area contributed by atoms with Crippen molar-refractivity contribution >= 4 is 5.57 Å². The number of hydrogen-bond donors (Lipinski definition) is 2. The summed E-state index contributed by atoms with van der Waals surface area (Å²) in [5, 5.41) is 12.8. The third-order valence-corrected chi connectivity index (χ3v) is 3.38. The van der Waals surface area contributed by atoms with Crippen LogP contribution in [0.25, 0.3) is 5.57 Å². The predicted molar refractivity (Wildman–Crippen MR) is 60.6 cm³/mol. The molecule has 78 valence electrons. The lowest BCUT2D eigenvalue weighted by atomic mass is 9.96. The summed E-state index contributed by atoms with van der Waals surface area (Å²) in [7, 11) is 0. The molecule has 2 bridgehead atoms. The largest absolute Gasteiger partial charge is 0.508 e. The maximum absolute atomic E-state index is 9.24. The van der Waals surface area contributed by atoms with Crippen LogP contribution in [-0.2, 0) is 0 Å². The molecule has 1 aromatic rings. The van der Waals surface area contributed by atoms with Crippen molar-refractivity contribution in [2.45, 2.75) is 31.3 Å². The molecule has 2 nitrogen and oxygen atoms in total. The van der Waals surface area contributed by atoms with Gasteiger partial charge in [0.15, 0.2) is 0 Å². The summed E-state index contributed by atoms with van der Waals surface area (Å²) in [6, 6.07) is 8.79. The normalized spacial score (nSPS) is 28.9. The zero-order chi connectivity index (χ0) is 10.3. The second-order valence-electron chi connectivity index (χ2n) is 4.49. The van der Waals surface area contributed by atoms with Crippen LogP contribution in [0.3, 0.4) is 0 Å². The van der Waals surface area contributed by atoms with Crippen molar-refractivity contribution in [1.29, 1.82) is 0 Å². The number of fused-ring (bicyclic) bond motifs is 2. The van der Waals surface area contributed by atoms with Crippen LogP contribution in [0, 0.1) is 0 Å². The summed E-state index contributed by atoms with van der Waals surface area (Å²) in [6.45, 7) is 0. The second kappa shape index (κ2) is 3.38. The Kier molecular flexibility index (Phi) is 2.03. The fourth-order valence-corrected chi connectivity index (χ4v) is 2.61. The average Bonchev–Trinajstić information content (AvgIpc) is 2.59. The summed E-state index contributed by atoms with van der Waals surface area (Å²) in [6.07, 6.45) is 6.03. The minimum atomic E-state index is 0.344. The first-order chi connectivity index (χ1) is 7.31. The maximum Gasteiger partial charge on any atom is 0.115 e. The topological polar surface area (TPSA) is 32.3 Å². The molecule has 2 N–H and O–H groups in total. The number of rotatable bonds is 1. The molecule has 2 unspecified atom stereocenters. The van der Waals surface area contributed by atoms with Gasteiger partial charge in [-0.05, 0) is 42.5 Å². The maximum atomic E-state index is 9.24. The molecule has 1 fully saturated rings. The van der Waals surface area contributed by atoms with E-state index in [9.17, 15) is 5.11 Å². The monoisotopic (exact) mass is 201 g/mol. The van der Waals surface area contributed by atoms with E-state index in [0.29, 0.717) is 17.8 Å². The van der Waals surface area contributed by atoms with Crippen LogP contribution in [-0.4, -0.2) is 17.2 Å². The highest BCUT2D eigenvalue weighted by atomic mass is 16.3. The van der Waals surface area contributed by atoms with Crippen LogP contribution in [0.4, 0.5) is 0 Å². The minimum Gasteiger partial charge on any atom is -0.508 e. The van der Waals surface area contributed by atoms with Gasteiger partial charge in [0.2, 0.25) is 0 Å². The van der Waals surface area contributed by atoms with Crippen molar-refractivity contribution in [3.63, 3.8) is 0 Å². The molecule has 0 spiro atoms. The highest BCUT2D eigenvalue weighted by Gasteiger charge is 2.27. The average molecular weight is 201 g/mol. The predicted octanol–water partition coefficient (Wildman–Crippen LogP) is 2.30. The zero-order valence-electron chi connectivity index (χ0n) is 8.61. The van der Waals surface area contributed by atoms with Gasteiger partial charge >= 0.3 is 0 Å². The number of hydrogen-bond acceptors (Lipinski definition) is 2. The van der Waals surface area contributed by atoms with E-state index in [2.05, 4.69) is 11.4 Å². The van der Waals surface area contributed by atoms with E-state index < -0.39 is 0 Å². The van der Waals surface area contributed by atoms with Crippen molar-refractivity contribution in [3.05, 3.63) is 35.9 Å². The van der Waals surface area contributed by atoms with E-state index in [-0.39, 0.29) is 0 Å². The fraction of sp³-hybridized carbons (Fsp3) is 0.385. The molecule has 2 aliphatic rings. The third kappa shape index (κ3) is 1.65. The zero-order valence-corrected chi connectivity index (χ0v) is 8.61. The lowest BCUT2D eigenvalue weighted by Gasteiger charge is -2.21. The number of aromatic hydroxyl groups is 1. The van der Waals surface area contributed by atoms with Gasteiger partial charge in [0, 0.05) is 12.1 Å². The number of nitrogens with one attached hydrogen (secondary N) is 1. The van der Waals surface area contributed by atoms with Gasteiger partial charge in [0.25, 0.3) is 0 Å². The van der Waals surface area contributed by atoms with E-state index in [1.807, 2.05) is 12.1 Å². The molecule has 0 aliphatic carbocycles. The Hall–Kier alpha value is -1.28. The van der Waals surface area contributed by atoms with Gasteiger partial charge in [-0.2, -0.15) is 0 Å². The van der Waals surface area contributed by atoms with Crippen LogP contribution in [0.15, 0.2) is 30.3 Å². The molecule has 1 saturated heterocycles. The Morgan fingerprint density at radius 1 is 1.13 bits per heavy atom. The molecule has 3 rings (SSSR count). The summed E-state index contributed by atoms with van der Waals surface area (Å²) in [4.78, 5) is 0. The SMILES string of the molecule is Oc1ccc(C2=CC3CCC(C2)N3)cc1. The Labute approximate surface area is 89.6 Å². The van der Waals surface area contributed by atoms with E-state index in [0.717, 1.165) is 6.42 Å². The summed E-state index contributed by atoms with van der Waals surface area (Å²) in [5.41, 5.74) is 2.69. The molecule has 0 saturated carbocycles. The van der Waals surface area contributed by atoms with E-state index in [1.54, 1.807) is 12.1 Å². The lowest BCUT2D eigenvalue weighted by Crippen LogP contribution is -2.31. The molecule has 0 radical (unpaired) electrons. The molecule has 0 aromatic heterocycles. The molecule has 0 amide bonds. The van der Waals surface area contributed by atoms with Crippen LogP contribution in [0.1, 0.15) is 24.8 Å². The van der Waals surface area contributed by atoms with Gasteiger partial charge in [-0.25, -0.2) is 0 Å². The van der Waals surface area contributed by atoms with Gasteiger partial charge in [-0.3, -0.25) is 0 Å². The highest BCUT2D eigenvalue weighted by Crippen LogP contribution is 2.32. The van der Waals surface area contributed by atoms with Crippen LogP contribution >= 0.6 is 0 Å². The first-order valence-electron chi connectivity index (χ1n) is 5.57. The summed E-state index contributed by atoms with van der Waals surface area (Å²) in [5.74, 6) is 0.344. The first kappa shape index (κ1) is 8.98. The van der Waals surface area contributed by atoms with E-state index in [4.69, 9.17) is 0 Å². The molecule has 15 heavy (non-hydrogen) atoms. The molecule has 2 atom stereocenters. The van der Waals surface area contributed by atoms with Crippen molar-refractivity contribution in [3.8, 4) is 5.75 Å². The van der Waals surface area contributed by atoms with Gasteiger partial charge in [0.1, 0.15) is 5.75 Å². The second-order valence-corrected chi connectivity index (χ2v) is 4.49. The first-order valence-corrected chi connectivity index (χ1v) is 5.57. The van der Waals surface area contributed by atoms with Crippen LogP contribution < -0.4 is 5.32 Å². The lowest BCUT2D eigenvalue weighted by molar-refractivity contribution is 0.475. The highest BCUT2D eigenvalue weighted by molar-refractivity contribution is 5.68. The molecule has 2 aliphatic heterocycles. The van der Waals surface area contributed by atoms with Crippen LogP contribution in [0.5, 0.6) is 5.75 Å². The molecule has 2 heterocycles. The van der Waals surface area contributed by atoms with Crippen molar-refractivity contribution in [2.24, 2.45) is 0 Å². The smallest absolute Gasteiger partial charge is 0.115 e. The van der Waals surface area contributed by atoms with Crippen molar-refractivity contribution in [2.75, 3.05) is 0 Å². The summed E-state index contributed by atoms with van der Waals surface area (Å²) < 4.78 is 0. The van der Waals surface area contributed by atoms with Crippen molar-refractivity contribution < 1.29 is 5.11 Å². The summed E-state index contributed by atoms with van der Waals surface area (Å²) >= 11 is 0. The van der Waals surface area contributed by atoms with Gasteiger partial charge in [-0.15, -0.1) is 0 Å². The molecule has 2 heteroatoms. The van der Waals surface area contributed by atoms with E-state index in [1.165, 1.54) is 24.0 Å². The molecular formula is C13H15NO.